The van der Waals surface area contributed by atoms with Gasteiger partial charge >= 0.3 is 0 Å². The molecule has 0 unspecified atom stereocenters. The molecule has 2 rings (SSSR count). The number of hydrogen-bond acceptors (Lipinski definition) is 3. The molecule has 3 nitrogen and oxygen atoms in total. The highest BCUT2D eigenvalue weighted by Crippen LogP contribution is 2.22. The Morgan fingerprint density at radius 2 is 2.19 bits per heavy atom. The van der Waals surface area contributed by atoms with Crippen LogP contribution in [-0.4, -0.2) is 24.7 Å². The normalized spacial score (nSPS) is 17.4. The molecule has 0 aromatic carbocycles. The van der Waals surface area contributed by atoms with Crippen LogP contribution in [0.5, 0.6) is 0 Å². The number of pyridine rings is 1. The molecule has 0 spiro atoms. The predicted octanol–water partition coefficient (Wildman–Crippen LogP) is 3.34. The summed E-state index contributed by atoms with van der Waals surface area (Å²) in [7, 11) is 0. The van der Waals surface area contributed by atoms with Crippen LogP contribution in [-0.2, 0) is 4.74 Å². The molecule has 5 heteroatoms. The Labute approximate surface area is 109 Å². The van der Waals surface area contributed by atoms with Crippen LogP contribution >= 0.6 is 27.5 Å². The van der Waals surface area contributed by atoms with Crippen LogP contribution in [0.4, 0.5) is 5.82 Å². The largest absolute Gasteiger partial charge is 0.381 e. The second-order valence-corrected chi connectivity index (χ2v) is 5.06. The molecule has 16 heavy (non-hydrogen) atoms. The van der Waals surface area contributed by atoms with Gasteiger partial charge in [0.2, 0.25) is 0 Å². The van der Waals surface area contributed by atoms with Crippen molar-refractivity contribution in [3.8, 4) is 0 Å². The molecule has 1 aromatic heterocycles. The fraction of sp³-hybridized carbons (Fsp3) is 0.545. The van der Waals surface area contributed by atoms with Crippen molar-refractivity contribution in [2.75, 3.05) is 25.1 Å². The SMILES string of the molecule is Clc1ccc(NCC2CCOCC2)nc1Br. The summed E-state index contributed by atoms with van der Waals surface area (Å²) < 4.78 is 6.00. The van der Waals surface area contributed by atoms with E-state index in [-0.39, 0.29) is 0 Å². The summed E-state index contributed by atoms with van der Waals surface area (Å²) in [5.74, 6) is 1.55. The van der Waals surface area contributed by atoms with Gasteiger partial charge in [-0.15, -0.1) is 0 Å². The van der Waals surface area contributed by atoms with Crippen LogP contribution in [0.15, 0.2) is 16.7 Å². The Morgan fingerprint density at radius 1 is 1.44 bits per heavy atom. The van der Waals surface area contributed by atoms with Crippen molar-refractivity contribution in [1.82, 2.24) is 4.98 Å². The molecule has 1 saturated heterocycles. The first kappa shape index (κ1) is 12.1. The van der Waals surface area contributed by atoms with Crippen molar-refractivity contribution >= 4 is 33.3 Å². The first-order valence-corrected chi connectivity index (χ1v) is 6.56. The molecule has 1 aliphatic rings. The van der Waals surface area contributed by atoms with Gasteiger partial charge in [-0.3, -0.25) is 0 Å². The minimum Gasteiger partial charge on any atom is -0.381 e. The molecule has 0 amide bonds. The molecule has 88 valence electrons. The van der Waals surface area contributed by atoms with Crippen LogP contribution < -0.4 is 5.32 Å². The van der Waals surface area contributed by atoms with Crippen LogP contribution in [0, 0.1) is 5.92 Å². The number of hydrogen-bond donors (Lipinski definition) is 1. The van der Waals surface area contributed by atoms with E-state index in [2.05, 4.69) is 26.2 Å². The van der Waals surface area contributed by atoms with E-state index in [4.69, 9.17) is 16.3 Å². The van der Waals surface area contributed by atoms with Crippen LogP contribution in [0.2, 0.25) is 5.02 Å². The minimum atomic E-state index is 0.636. The smallest absolute Gasteiger partial charge is 0.127 e. The lowest BCUT2D eigenvalue weighted by atomic mass is 10.0. The van der Waals surface area contributed by atoms with E-state index in [1.54, 1.807) is 0 Å². The summed E-state index contributed by atoms with van der Waals surface area (Å²) in [6.07, 6.45) is 2.25. The van der Waals surface area contributed by atoms with Crippen molar-refractivity contribution in [3.05, 3.63) is 21.8 Å². The Hall–Kier alpha value is -0.320. The predicted molar refractivity (Wildman–Crippen MR) is 69.0 cm³/mol. The van der Waals surface area contributed by atoms with Gasteiger partial charge in [0.15, 0.2) is 0 Å². The van der Waals surface area contributed by atoms with Crippen LogP contribution in [0.25, 0.3) is 0 Å². The average molecular weight is 306 g/mol. The van der Waals surface area contributed by atoms with Crippen molar-refractivity contribution < 1.29 is 4.74 Å². The van der Waals surface area contributed by atoms with Gasteiger partial charge in [0.25, 0.3) is 0 Å². The lowest BCUT2D eigenvalue weighted by Gasteiger charge is -2.22. The molecule has 0 bridgehead atoms. The first-order chi connectivity index (χ1) is 7.75. The lowest BCUT2D eigenvalue weighted by molar-refractivity contribution is 0.0699. The van der Waals surface area contributed by atoms with Crippen LogP contribution in [0.1, 0.15) is 12.8 Å². The third kappa shape index (κ3) is 3.34. The molecular formula is C11H14BrClN2O. The summed E-state index contributed by atoms with van der Waals surface area (Å²) in [5, 5.41) is 3.96. The zero-order chi connectivity index (χ0) is 11.4. The standard InChI is InChI=1S/C11H14BrClN2O/c12-11-9(13)1-2-10(15-11)14-7-8-3-5-16-6-4-8/h1-2,8H,3-7H2,(H,14,15). The number of nitrogens with one attached hydrogen (secondary N) is 1. The maximum Gasteiger partial charge on any atom is 0.127 e. The van der Waals surface area contributed by atoms with Crippen molar-refractivity contribution in [2.24, 2.45) is 5.92 Å². The molecular weight excluding hydrogens is 291 g/mol. The van der Waals surface area contributed by atoms with E-state index >= 15 is 0 Å². The van der Waals surface area contributed by atoms with Gasteiger partial charge < -0.3 is 10.1 Å². The van der Waals surface area contributed by atoms with Gasteiger partial charge in [-0.1, -0.05) is 11.6 Å². The van der Waals surface area contributed by atoms with Gasteiger partial charge in [0.1, 0.15) is 10.4 Å². The van der Waals surface area contributed by atoms with Crippen molar-refractivity contribution in [1.29, 1.82) is 0 Å². The summed E-state index contributed by atoms with van der Waals surface area (Å²) >= 11 is 9.18. The van der Waals surface area contributed by atoms with E-state index in [1.807, 2.05) is 12.1 Å². The van der Waals surface area contributed by atoms with E-state index in [0.717, 1.165) is 38.4 Å². The van der Waals surface area contributed by atoms with Gasteiger partial charge in [-0.05, 0) is 46.8 Å². The number of aromatic nitrogens is 1. The Morgan fingerprint density at radius 3 is 2.88 bits per heavy atom. The topological polar surface area (TPSA) is 34.1 Å². The molecule has 1 fully saturated rings. The quantitative estimate of drug-likeness (QED) is 0.870. The summed E-state index contributed by atoms with van der Waals surface area (Å²) in [4.78, 5) is 4.30. The fourth-order valence-corrected chi connectivity index (χ4v) is 2.14. The number of nitrogens with zero attached hydrogens (tertiary/aromatic N) is 1. The monoisotopic (exact) mass is 304 g/mol. The highest BCUT2D eigenvalue weighted by atomic mass is 79.9. The van der Waals surface area contributed by atoms with E-state index in [1.165, 1.54) is 0 Å². The second-order valence-electron chi connectivity index (χ2n) is 3.91. The van der Waals surface area contributed by atoms with Gasteiger partial charge in [-0.2, -0.15) is 0 Å². The van der Waals surface area contributed by atoms with Crippen molar-refractivity contribution in [2.45, 2.75) is 12.8 Å². The van der Waals surface area contributed by atoms with Crippen molar-refractivity contribution in [3.63, 3.8) is 0 Å². The van der Waals surface area contributed by atoms with E-state index in [9.17, 15) is 0 Å². The summed E-state index contributed by atoms with van der Waals surface area (Å²) in [5.41, 5.74) is 0. The Bertz CT molecular complexity index is 356. The third-order valence-corrected chi connectivity index (χ3v) is 3.85. The van der Waals surface area contributed by atoms with Gasteiger partial charge in [-0.25, -0.2) is 4.98 Å². The molecule has 0 saturated carbocycles. The molecule has 0 radical (unpaired) electrons. The maximum atomic E-state index is 5.88. The molecule has 2 heterocycles. The highest BCUT2D eigenvalue weighted by molar-refractivity contribution is 9.10. The Balaban J connectivity index is 1.86. The van der Waals surface area contributed by atoms with Crippen LogP contribution in [0.3, 0.4) is 0 Å². The molecule has 1 aromatic rings. The van der Waals surface area contributed by atoms with Gasteiger partial charge in [0, 0.05) is 19.8 Å². The minimum absolute atomic E-state index is 0.636. The number of halogens is 2. The number of anilines is 1. The third-order valence-electron chi connectivity index (χ3n) is 2.72. The second kappa shape index (κ2) is 5.84. The molecule has 0 aliphatic carbocycles. The highest BCUT2D eigenvalue weighted by Gasteiger charge is 2.13. The number of ether oxygens (including phenoxy) is 1. The Kier molecular flexibility index (Phi) is 4.44. The average Bonchev–Trinajstić information content (AvgIpc) is 2.32. The fourth-order valence-electron chi connectivity index (χ4n) is 1.72. The van der Waals surface area contributed by atoms with E-state index < -0.39 is 0 Å². The molecule has 1 N–H and O–H groups in total. The van der Waals surface area contributed by atoms with Gasteiger partial charge in [0.05, 0.1) is 5.02 Å². The number of rotatable bonds is 3. The molecule has 0 atom stereocenters. The zero-order valence-corrected chi connectivity index (χ0v) is 11.2. The summed E-state index contributed by atoms with van der Waals surface area (Å²) in [6, 6.07) is 3.73. The lowest BCUT2D eigenvalue weighted by Crippen LogP contribution is -2.22. The van der Waals surface area contributed by atoms with E-state index in [0.29, 0.717) is 15.5 Å². The molecule has 1 aliphatic heterocycles. The zero-order valence-electron chi connectivity index (χ0n) is 8.88. The summed E-state index contributed by atoms with van der Waals surface area (Å²) in [6.45, 7) is 2.71. The maximum absolute atomic E-state index is 5.88. The first-order valence-electron chi connectivity index (χ1n) is 5.39.